The molecule has 3 rings (SSSR count). The van der Waals surface area contributed by atoms with Crippen LogP contribution in [-0.2, 0) is 5.41 Å². The number of aryl methyl sites for hydroxylation is 1. The van der Waals surface area contributed by atoms with E-state index in [2.05, 4.69) is 61.8 Å². The Hall–Kier alpha value is -0.500. The molecule has 0 bridgehead atoms. The van der Waals surface area contributed by atoms with E-state index in [1.807, 2.05) is 0 Å². The topological polar surface area (TPSA) is 9.23 Å². The van der Waals surface area contributed by atoms with Crippen LogP contribution in [0.4, 0.5) is 0 Å². The van der Waals surface area contributed by atoms with Gasteiger partial charge in [-0.05, 0) is 48.8 Å². The molecule has 2 unspecified atom stereocenters. The SMILES string of the molecule is Cc1ccc(C(C)(C)C)c(OC2CC(Br)C23CCCC3)c1. The molecule has 0 radical (unpaired) electrons. The second-order valence-corrected chi connectivity index (χ2v) is 9.10. The maximum atomic E-state index is 6.57. The predicted octanol–water partition coefficient (Wildman–Crippen LogP) is 5.77. The monoisotopic (exact) mass is 350 g/mol. The van der Waals surface area contributed by atoms with E-state index in [-0.39, 0.29) is 5.41 Å². The highest BCUT2D eigenvalue weighted by Crippen LogP contribution is 2.58. The first kappa shape index (κ1) is 15.4. The zero-order chi connectivity index (χ0) is 15.3. The lowest BCUT2D eigenvalue weighted by Gasteiger charge is -2.51. The van der Waals surface area contributed by atoms with Gasteiger partial charge in [0, 0.05) is 10.2 Å². The average molecular weight is 351 g/mol. The Morgan fingerprint density at radius 2 is 1.86 bits per heavy atom. The lowest BCUT2D eigenvalue weighted by Crippen LogP contribution is -2.55. The summed E-state index contributed by atoms with van der Waals surface area (Å²) in [6.45, 7) is 8.95. The average Bonchev–Trinajstić information content (AvgIpc) is 2.89. The second-order valence-electron chi connectivity index (χ2n) is 8.00. The highest BCUT2D eigenvalue weighted by atomic mass is 79.9. The maximum Gasteiger partial charge on any atom is 0.123 e. The first-order chi connectivity index (χ1) is 9.83. The van der Waals surface area contributed by atoms with Crippen molar-refractivity contribution in [3.05, 3.63) is 29.3 Å². The molecular weight excluding hydrogens is 324 g/mol. The molecule has 21 heavy (non-hydrogen) atoms. The van der Waals surface area contributed by atoms with Gasteiger partial charge >= 0.3 is 0 Å². The lowest BCUT2D eigenvalue weighted by atomic mass is 9.64. The minimum Gasteiger partial charge on any atom is -0.489 e. The molecule has 0 heterocycles. The van der Waals surface area contributed by atoms with Gasteiger partial charge in [0.1, 0.15) is 11.9 Å². The van der Waals surface area contributed by atoms with E-state index in [9.17, 15) is 0 Å². The first-order valence-electron chi connectivity index (χ1n) is 8.25. The number of rotatable bonds is 2. The van der Waals surface area contributed by atoms with E-state index in [0.29, 0.717) is 16.3 Å². The molecule has 1 aromatic carbocycles. The molecule has 0 aliphatic heterocycles. The molecule has 2 heteroatoms. The van der Waals surface area contributed by atoms with Gasteiger partial charge < -0.3 is 4.74 Å². The summed E-state index contributed by atoms with van der Waals surface area (Å²) in [5, 5.41) is 0. The van der Waals surface area contributed by atoms with Gasteiger partial charge in [0.25, 0.3) is 0 Å². The van der Waals surface area contributed by atoms with Crippen molar-refractivity contribution in [3.63, 3.8) is 0 Å². The highest BCUT2D eigenvalue weighted by molar-refractivity contribution is 9.09. The third-order valence-corrected chi connectivity index (χ3v) is 6.72. The largest absolute Gasteiger partial charge is 0.489 e. The van der Waals surface area contributed by atoms with Crippen LogP contribution in [0, 0.1) is 12.3 Å². The van der Waals surface area contributed by atoms with Gasteiger partial charge in [-0.1, -0.05) is 61.7 Å². The van der Waals surface area contributed by atoms with Gasteiger partial charge in [-0.25, -0.2) is 0 Å². The Balaban J connectivity index is 1.87. The second kappa shape index (κ2) is 5.30. The smallest absolute Gasteiger partial charge is 0.123 e. The maximum absolute atomic E-state index is 6.57. The van der Waals surface area contributed by atoms with E-state index in [0.717, 1.165) is 12.2 Å². The number of hydrogen-bond donors (Lipinski definition) is 0. The van der Waals surface area contributed by atoms with Crippen LogP contribution in [0.5, 0.6) is 5.75 Å². The summed E-state index contributed by atoms with van der Waals surface area (Å²) in [7, 11) is 0. The molecule has 0 saturated heterocycles. The van der Waals surface area contributed by atoms with Crippen LogP contribution in [0.2, 0.25) is 0 Å². The minimum absolute atomic E-state index is 0.128. The fourth-order valence-corrected chi connectivity index (χ4v) is 5.12. The molecule has 116 valence electrons. The summed E-state index contributed by atoms with van der Waals surface area (Å²) in [6, 6.07) is 6.67. The molecule has 0 amide bonds. The molecule has 2 aliphatic carbocycles. The summed E-state index contributed by atoms with van der Waals surface area (Å²) < 4.78 is 6.57. The minimum atomic E-state index is 0.128. The van der Waals surface area contributed by atoms with Crippen molar-refractivity contribution in [1.29, 1.82) is 0 Å². The molecule has 0 N–H and O–H groups in total. The van der Waals surface area contributed by atoms with Gasteiger partial charge in [0.05, 0.1) is 0 Å². The van der Waals surface area contributed by atoms with E-state index in [1.165, 1.54) is 36.8 Å². The predicted molar refractivity (Wildman–Crippen MR) is 92.5 cm³/mol. The zero-order valence-corrected chi connectivity index (χ0v) is 15.3. The number of hydrogen-bond acceptors (Lipinski definition) is 1. The third-order valence-electron chi connectivity index (χ3n) is 5.43. The Morgan fingerprint density at radius 3 is 2.43 bits per heavy atom. The van der Waals surface area contributed by atoms with Crippen molar-refractivity contribution in [2.45, 2.75) is 76.1 Å². The molecule has 1 nitrogen and oxygen atoms in total. The Morgan fingerprint density at radius 1 is 1.19 bits per heavy atom. The van der Waals surface area contributed by atoms with Crippen LogP contribution in [0.15, 0.2) is 18.2 Å². The van der Waals surface area contributed by atoms with Crippen LogP contribution in [-0.4, -0.2) is 10.9 Å². The molecule has 2 atom stereocenters. The number of benzene rings is 1. The molecule has 1 aromatic rings. The fraction of sp³-hybridized carbons (Fsp3) is 0.684. The van der Waals surface area contributed by atoms with Crippen LogP contribution in [0.25, 0.3) is 0 Å². The zero-order valence-electron chi connectivity index (χ0n) is 13.7. The lowest BCUT2D eigenvalue weighted by molar-refractivity contribution is -0.0313. The van der Waals surface area contributed by atoms with Gasteiger partial charge in [-0.2, -0.15) is 0 Å². The van der Waals surface area contributed by atoms with E-state index >= 15 is 0 Å². The van der Waals surface area contributed by atoms with Crippen LogP contribution in [0.3, 0.4) is 0 Å². The van der Waals surface area contributed by atoms with Gasteiger partial charge in [0.2, 0.25) is 0 Å². The van der Waals surface area contributed by atoms with Gasteiger partial charge in [-0.3, -0.25) is 0 Å². The normalized spacial score (nSPS) is 27.7. The van der Waals surface area contributed by atoms with E-state index in [1.54, 1.807) is 0 Å². The number of ether oxygens (including phenoxy) is 1. The van der Waals surface area contributed by atoms with Crippen molar-refractivity contribution >= 4 is 15.9 Å². The Labute approximate surface area is 137 Å². The van der Waals surface area contributed by atoms with Crippen molar-refractivity contribution in [2.75, 3.05) is 0 Å². The molecule has 2 saturated carbocycles. The highest BCUT2D eigenvalue weighted by Gasteiger charge is 2.56. The summed E-state index contributed by atoms with van der Waals surface area (Å²) >= 11 is 3.89. The fourth-order valence-electron chi connectivity index (χ4n) is 4.03. The summed E-state index contributed by atoms with van der Waals surface area (Å²) in [5.74, 6) is 1.11. The summed E-state index contributed by atoms with van der Waals surface area (Å²) in [5.41, 5.74) is 3.15. The van der Waals surface area contributed by atoms with Crippen molar-refractivity contribution in [2.24, 2.45) is 5.41 Å². The van der Waals surface area contributed by atoms with Crippen LogP contribution in [0.1, 0.15) is 64.0 Å². The number of halogens is 1. The van der Waals surface area contributed by atoms with E-state index < -0.39 is 0 Å². The van der Waals surface area contributed by atoms with Crippen molar-refractivity contribution in [1.82, 2.24) is 0 Å². The summed E-state index contributed by atoms with van der Waals surface area (Å²) in [6.07, 6.45) is 6.92. The molecule has 1 spiro atoms. The molecular formula is C19H27BrO. The van der Waals surface area contributed by atoms with Crippen molar-refractivity contribution in [3.8, 4) is 5.75 Å². The Bertz CT molecular complexity index is 523. The molecule has 2 aliphatic rings. The molecule has 0 aromatic heterocycles. The summed E-state index contributed by atoms with van der Waals surface area (Å²) in [4.78, 5) is 0.653. The van der Waals surface area contributed by atoms with Gasteiger partial charge in [0.15, 0.2) is 0 Å². The molecule has 2 fully saturated rings. The standard InChI is InChI=1S/C19H27BrO/c1-13-7-8-14(18(2,3)4)15(11-13)21-17-12-16(20)19(17)9-5-6-10-19/h7-8,11,16-17H,5-6,9-10,12H2,1-4H3. The Kier molecular flexibility index (Phi) is 3.88. The third kappa shape index (κ3) is 2.65. The van der Waals surface area contributed by atoms with Crippen LogP contribution < -0.4 is 4.74 Å². The van der Waals surface area contributed by atoms with Crippen LogP contribution >= 0.6 is 15.9 Å². The number of alkyl halides is 1. The quantitative estimate of drug-likeness (QED) is 0.615. The van der Waals surface area contributed by atoms with E-state index in [4.69, 9.17) is 4.74 Å². The van der Waals surface area contributed by atoms with Crippen molar-refractivity contribution < 1.29 is 4.74 Å². The van der Waals surface area contributed by atoms with Gasteiger partial charge in [-0.15, -0.1) is 0 Å². The first-order valence-corrected chi connectivity index (χ1v) is 9.16.